The van der Waals surface area contributed by atoms with Crippen LogP contribution < -0.4 is 0 Å². The van der Waals surface area contributed by atoms with E-state index in [1.54, 1.807) is 0 Å². The Hall–Kier alpha value is -1.89. The highest BCUT2D eigenvalue weighted by atomic mass is 16.1. The first-order valence-corrected chi connectivity index (χ1v) is 6.46. The Balaban J connectivity index is 2.64. The zero-order chi connectivity index (χ0) is 13.0. The molecule has 0 aliphatic carbocycles. The molecule has 1 nitrogen and oxygen atoms in total. The zero-order valence-electron chi connectivity index (χ0n) is 10.9. The summed E-state index contributed by atoms with van der Waals surface area (Å²) >= 11 is 0. The summed E-state index contributed by atoms with van der Waals surface area (Å²) < 4.78 is 0. The minimum Gasteiger partial charge on any atom is -0.298 e. The number of hydrogen-bond acceptors (Lipinski definition) is 1. The van der Waals surface area contributed by atoms with Crippen LogP contribution in [0.4, 0.5) is 0 Å². The molecule has 0 spiro atoms. The van der Waals surface area contributed by atoms with Crippen LogP contribution in [0.15, 0.2) is 42.5 Å². The van der Waals surface area contributed by atoms with Crippen LogP contribution in [0.2, 0.25) is 0 Å². The molecule has 0 saturated carbocycles. The van der Waals surface area contributed by atoms with Gasteiger partial charge in [0.05, 0.1) is 0 Å². The molecule has 18 heavy (non-hydrogen) atoms. The lowest BCUT2D eigenvalue weighted by Gasteiger charge is -2.13. The maximum Gasteiger partial charge on any atom is 0.150 e. The number of aryl methyl sites for hydroxylation is 2. The van der Waals surface area contributed by atoms with Crippen molar-refractivity contribution in [2.45, 2.75) is 26.7 Å². The molecule has 1 heteroatoms. The summed E-state index contributed by atoms with van der Waals surface area (Å²) in [4.78, 5) is 10.9. The maximum absolute atomic E-state index is 10.9. The van der Waals surface area contributed by atoms with Crippen molar-refractivity contribution in [3.05, 3.63) is 59.2 Å². The highest BCUT2D eigenvalue weighted by Crippen LogP contribution is 2.29. The van der Waals surface area contributed by atoms with Gasteiger partial charge in [-0.15, -0.1) is 0 Å². The second-order valence-corrected chi connectivity index (χ2v) is 4.40. The molecule has 0 bridgehead atoms. The largest absolute Gasteiger partial charge is 0.298 e. The van der Waals surface area contributed by atoms with E-state index in [1.807, 2.05) is 18.2 Å². The van der Waals surface area contributed by atoms with E-state index in [-0.39, 0.29) is 0 Å². The van der Waals surface area contributed by atoms with E-state index < -0.39 is 0 Å². The fourth-order valence-corrected chi connectivity index (χ4v) is 2.38. The molecule has 0 N–H and O–H groups in total. The Morgan fingerprint density at radius 2 is 1.56 bits per heavy atom. The number of aldehydes is 1. The van der Waals surface area contributed by atoms with Gasteiger partial charge in [-0.3, -0.25) is 4.79 Å². The van der Waals surface area contributed by atoms with Crippen molar-refractivity contribution in [1.82, 2.24) is 0 Å². The van der Waals surface area contributed by atoms with Gasteiger partial charge in [0.1, 0.15) is 6.29 Å². The summed E-state index contributed by atoms with van der Waals surface area (Å²) in [6.07, 6.45) is 2.92. The molecule has 0 amide bonds. The maximum atomic E-state index is 10.9. The Bertz CT molecular complexity index is 533. The molecular weight excluding hydrogens is 220 g/mol. The molecule has 2 aromatic carbocycles. The van der Waals surface area contributed by atoms with Crippen LogP contribution in [0.3, 0.4) is 0 Å². The summed E-state index contributed by atoms with van der Waals surface area (Å²) in [5.41, 5.74) is 5.87. The lowest BCUT2D eigenvalue weighted by Crippen LogP contribution is -1.94. The normalized spacial score (nSPS) is 10.3. The van der Waals surface area contributed by atoms with Gasteiger partial charge in [0.15, 0.2) is 0 Å². The van der Waals surface area contributed by atoms with Crippen LogP contribution in [0.1, 0.15) is 35.3 Å². The predicted molar refractivity (Wildman–Crippen MR) is 76.0 cm³/mol. The molecule has 2 aromatic rings. The first kappa shape index (κ1) is 12.6. The van der Waals surface area contributed by atoms with Crippen molar-refractivity contribution in [3.8, 4) is 11.1 Å². The molecule has 0 saturated heterocycles. The number of benzene rings is 2. The van der Waals surface area contributed by atoms with Crippen LogP contribution in [-0.2, 0) is 12.8 Å². The van der Waals surface area contributed by atoms with Crippen molar-refractivity contribution in [2.75, 3.05) is 0 Å². The van der Waals surface area contributed by atoms with E-state index in [9.17, 15) is 4.79 Å². The van der Waals surface area contributed by atoms with Crippen molar-refractivity contribution in [2.24, 2.45) is 0 Å². The van der Waals surface area contributed by atoms with E-state index in [0.717, 1.165) is 30.3 Å². The summed E-state index contributed by atoms with van der Waals surface area (Å²) in [5.74, 6) is 0. The minimum atomic E-state index is 0.737. The van der Waals surface area contributed by atoms with E-state index in [0.29, 0.717) is 0 Å². The van der Waals surface area contributed by atoms with E-state index in [1.165, 1.54) is 16.7 Å². The van der Waals surface area contributed by atoms with Gasteiger partial charge >= 0.3 is 0 Å². The van der Waals surface area contributed by atoms with E-state index in [4.69, 9.17) is 0 Å². The highest BCUT2D eigenvalue weighted by molar-refractivity contribution is 5.80. The van der Waals surface area contributed by atoms with Gasteiger partial charge in [-0.2, -0.15) is 0 Å². The second-order valence-electron chi connectivity index (χ2n) is 4.40. The highest BCUT2D eigenvalue weighted by Gasteiger charge is 2.08. The van der Waals surface area contributed by atoms with Crippen molar-refractivity contribution < 1.29 is 4.79 Å². The van der Waals surface area contributed by atoms with Gasteiger partial charge in [-0.25, -0.2) is 0 Å². The summed E-state index contributed by atoms with van der Waals surface area (Å²) in [6, 6.07) is 14.3. The van der Waals surface area contributed by atoms with Gasteiger partial charge < -0.3 is 0 Å². The number of carbonyl (C=O) groups is 1. The predicted octanol–water partition coefficient (Wildman–Crippen LogP) is 4.29. The molecular formula is C17H18O. The third-order valence-electron chi connectivity index (χ3n) is 3.31. The molecule has 0 atom stereocenters. The first-order valence-electron chi connectivity index (χ1n) is 6.46. The van der Waals surface area contributed by atoms with E-state index >= 15 is 0 Å². The molecule has 0 fully saturated rings. The van der Waals surface area contributed by atoms with Crippen molar-refractivity contribution in [3.63, 3.8) is 0 Å². The van der Waals surface area contributed by atoms with Crippen LogP contribution in [0.25, 0.3) is 11.1 Å². The van der Waals surface area contributed by atoms with Gasteiger partial charge in [0.25, 0.3) is 0 Å². The van der Waals surface area contributed by atoms with Crippen LogP contribution in [0.5, 0.6) is 0 Å². The van der Waals surface area contributed by atoms with Crippen molar-refractivity contribution in [1.29, 1.82) is 0 Å². The SMILES string of the molecule is CCc1cccc(CC)c1-c1cccc(C=O)c1. The number of rotatable bonds is 4. The smallest absolute Gasteiger partial charge is 0.150 e. The monoisotopic (exact) mass is 238 g/mol. The Labute approximate surface area is 108 Å². The van der Waals surface area contributed by atoms with Gasteiger partial charge in [-0.1, -0.05) is 50.2 Å². The fourth-order valence-electron chi connectivity index (χ4n) is 2.38. The molecule has 92 valence electrons. The molecule has 0 aromatic heterocycles. The van der Waals surface area contributed by atoms with Gasteiger partial charge in [-0.05, 0) is 41.2 Å². The summed E-state index contributed by atoms with van der Waals surface area (Å²) in [6.45, 7) is 4.34. The molecule has 0 aliphatic rings. The van der Waals surface area contributed by atoms with E-state index in [2.05, 4.69) is 38.1 Å². The molecule has 0 heterocycles. The van der Waals surface area contributed by atoms with Crippen LogP contribution >= 0.6 is 0 Å². The average Bonchev–Trinajstić information content (AvgIpc) is 2.46. The second kappa shape index (κ2) is 5.63. The number of carbonyl (C=O) groups excluding carboxylic acids is 1. The molecule has 0 unspecified atom stereocenters. The Morgan fingerprint density at radius 3 is 2.11 bits per heavy atom. The van der Waals surface area contributed by atoms with Crippen molar-refractivity contribution >= 4 is 6.29 Å². The Morgan fingerprint density at radius 1 is 0.944 bits per heavy atom. The van der Waals surface area contributed by atoms with Crippen LogP contribution in [0, 0.1) is 0 Å². The standard InChI is InChI=1S/C17H18O/c1-3-14-8-6-9-15(4-2)17(14)16-10-5-7-13(11-16)12-18/h5-12H,3-4H2,1-2H3. The number of hydrogen-bond donors (Lipinski definition) is 0. The first-order chi connectivity index (χ1) is 8.80. The summed E-state index contributed by atoms with van der Waals surface area (Å²) in [7, 11) is 0. The molecule has 0 radical (unpaired) electrons. The lowest BCUT2D eigenvalue weighted by atomic mass is 9.91. The third kappa shape index (κ3) is 2.35. The zero-order valence-corrected chi connectivity index (χ0v) is 10.9. The third-order valence-corrected chi connectivity index (χ3v) is 3.31. The lowest BCUT2D eigenvalue weighted by molar-refractivity contribution is 0.112. The Kier molecular flexibility index (Phi) is 3.93. The fraction of sp³-hybridized carbons (Fsp3) is 0.235. The van der Waals surface area contributed by atoms with Crippen LogP contribution in [-0.4, -0.2) is 6.29 Å². The molecule has 2 rings (SSSR count). The molecule has 0 aliphatic heterocycles. The van der Waals surface area contributed by atoms with Gasteiger partial charge in [0.2, 0.25) is 0 Å². The van der Waals surface area contributed by atoms with Gasteiger partial charge in [0, 0.05) is 5.56 Å². The average molecular weight is 238 g/mol. The minimum absolute atomic E-state index is 0.737. The topological polar surface area (TPSA) is 17.1 Å². The summed E-state index contributed by atoms with van der Waals surface area (Å²) in [5, 5.41) is 0. The quantitative estimate of drug-likeness (QED) is 0.726.